The van der Waals surface area contributed by atoms with Crippen LogP contribution in [0.25, 0.3) is 0 Å². The SMILES string of the molecule is O=C(CN1CCCCCC1=O)NC1(C(=O)O)CCCCCC1. The van der Waals surface area contributed by atoms with Gasteiger partial charge in [0.1, 0.15) is 5.54 Å². The van der Waals surface area contributed by atoms with Gasteiger partial charge in [-0.2, -0.15) is 0 Å². The van der Waals surface area contributed by atoms with Gasteiger partial charge in [0, 0.05) is 13.0 Å². The molecule has 0 aromatic heterocycles. The summed E-state index contributed by atoms with van der Waals surface area (Å²) in [5.41, 5.74) is -1.15. The fourth-order valence-electron chi connectivity index (χ4n) is 3.41. The van der Waals surface area contributed by atoms with Crippen molar-refractivity contribution in [1.82, 2.24) is 10.2 Å². The highest BCUT2D eigenvalue weighted by molar-refractivity contribution is 5.90. The van der Waals surface area contributed by atoms with E-state index in [1.165, 1.54) is 0 Å². The molecular formula is C16H26N2O4. The van der Waals surface area contributed by atoms with Gasteiger partial charge in [0.25, 0.3) is 0 Å². The molecule has 2 fully saturated rings. The zero-order chi connectivity index (χ0) is 16.0. The minimum Gasteiger partial charge on any atom is -0.480 e. The van der Waals surface area contributed by atoms with Crippen molar-refractivity contribution in [2.75, 3.05) is 13.1 Å². The molecule has 2 amide bonds. The van der Waals surface area contributed by atoms with E-state index < -0.39 is 11.5 Å². The van der Waals surface area contributed by atoms with E-state index in [9.17, 15) is 19.5 Å². The number of nitrogens with zero attached hydrogens (tertiary/aromatic N) is 1. The third kappa shape index (κ3) is 4.21. The number of hydrogen-bond donors (Lipinski definition) is 2. The van der Waals surface area contributed by atoms with E-state index in [1.807, 2.05) is 0 Å². The summed E-state index contributed by atoms with van der Waals surface area (Å²) in [6, 6.07) is 0. The second kappa shape index (κ2) is 7.61. The highest BCUT2D eigenvalue weighted by atomic mass is 16.4. The third-order valence-electron chi connectivity index (χ3n) is 4.75. The van der Waals surface area contributed by atoms with Crippen LogP contribution < -0.4 is 5.32 Å². The molecule has 1 saturated carbocycles. The van der Waals surface area contributed by atoms with Gasteiger partial charge in [0.05, 0.1) is 6.54 Å². The molecule has 1 aliphatic carbocycles. The number of nitrogens with one attached hydrogen (secondary N) is 1. The molecule has 1 aliphatic heterocycles. The number of amides is 2. The summed E-state index contributed by atoms with van der Waals surface area (Å²) in [5, 5.41) is 12.3. The molecule has 0 aromatic carbocycles. The Bertz CT molecular complexity index is 428. The smallest absolute Gasteiger partial charge is 0.329 e. The molecule has 0 aromatic rings. The molecule has 1 saturated heterocycles. The van der Waals surface area contributed by atoms with Gasteiger partial charge in [0.15, 0.2) is 0 Å². The summed E-state index contributed by atoms with van der Waals surface area (Å²) in [5.74, 6) is -1.30. The normalized spacial score (nSPS) is 22.5. The maximum Gasteiger partial charge on any atom is 0.329 e. The first-order valence-electron chi connectivity index (χ1n) is 8.36. The van der Waals surface area contributed by atoms with Gasteiger partial charge in [-0.15, -0.1) is 0 Å². The van der Waals surface area contributed by atoms with Crippen molar-refractivity contribution in [1.29, 1.82) is 0 Å². The number of carboxylic acid groups (broad SMARTS) is 1. The van der Waals surface area contributed by atoms with Crippen LogP contribution in [0.2, 0.25) is 0 Å². The first-order valence-corrected chi connectivity index (χ1v) is 8.36. The second-order valence-electron chi connectivity index (χ2n) is 6.48. The van der Waals surface area contributed by atoms with E-state index in [4.69, 9.17) is 0 Å². The van der Waals surface area contributed by atoms with Crippen molar-refractivity contribution in [3.05, 3.63) is 0 Å². The predicted octanol–water partition coefficient (Wildman–Crippen LogP) is 1.68. The van der Waals surface area contributed by atoms with Gasteiger partial charge < -0.3 is 15.3 Å². The Labute approximate surface area is 131 Å². The molecule has 0 radical (unpaired) electrons. The fourth-order valence-corrected chi connectivity index (χ4v) is 3.41. The van der Waals surface area contributed by atoms with Crippen molar-refractivity contribution in [3.8, 4) is 0 Å². The number of hydrogen-bond acceptors (Lipinski definition) is 3. The van der Waals surface area contributed by atoms with E-state index in [0.29, 0.717) is 25.8 Å². The maximum atomic E-state index is 12.3. The van der Waals surface area contributed by atoms with E-state index in [0.717, 1.165) is 44.9 Å². The zero-order valence-electron chi connectivity index (χ0n) is 13.1. The highest BCUT2D eigenvalue weighted by Gasteiger charge is 2.40. The Morgan fingerprint density at radius 3 is 2.32 bits per heavy atom. The number of likely N-dealkylation sites (tertiary alicyclic amines) is 1. The lowest BCUT2D eigenvalue weighted by Crippen LogP contribution is -2.56. The summed E-state index contributed by atoms with van der Waals surface area (Å²) < 4.78 is 0. The van der Waals surface area contributed by atoms with Crippen molar-refractivity contribution in [3.63, 3.8) is 0 Å². The molecule has 6 heteroatoms. The van der Waals surface area contributed by atoms with Gasteiger partial charge in [-0.3, -0.25) is 9.59 Å². The summed E-state index contributed by atoms with van der Waals surface area (Å²) in [6.45, 7) is 0.570. The second-order valence-corrected chi connectivity index (χ2v) is 6.48. The highest BCUT2D eigenvalue weighted by Crippen LogP contribution is 2.27. The monoisotopic (exact) mass is 310 g/mol. The summed E-state index contributed by atoms with van der Waals surface area (Å²) in [7, 11) is 0. The van der Waals surface area contributed by atoms with Crippen LogP contribution in [0.4, 0.5) is 0 Å². The average molecular weight is 310 g/mol. The van der Waals surface area contributed by atoms with Gasteiger partial charge in [-0.05, 0) is 25.7 Å². The molecule has 124 valence electrons. The maximum absolute atomic E-state index is 12.3. The zero-order valence-corrected chi connectivity index (χ0v) is 13.1. The lowest BCUT2D eigenvalue weighted by atomic mass is 9.90. The van der Waals surface area contributed by atoms with Crippen molar-refractivity contribution >= 4 is 17.8 Å². The minimum atomic E-state index is -1.15. The van der Waals surface area contributed by atoms with Crippen LogP contribution in [0, 0.1) is 0 Å². The summed E-state index contributed by atoms with van der Waals surface area (Å²) >= 11 is 0. The standard InChI is InChI=1S/C16H26N2O4/c19-13(12-18-11-7-3-4-8-14(18)20)17-16(15(21)22)9-5-1-2-6-10-16/h1-12H2,(H,17,19)(H,21,22). The van der Waals surface area contributed by atoms with E-state index in [1.54, 1.807) is 4.90 Å². The Kier molecular flexibility index (Phi) is 5.80. The van der Waals surface area contributed by atoms with Crippen LogP contribution in [-0.4, -0.2) is 46.4 Å². The number of carbonyl (C=O) groups is 3. The molecule has 0 spiro atoms. The van der Waals surface area contributed by atoms with Crippen LogP contribution >= 0.6 is 0 Å². The van der Waals surface area contributed by atoms with Crippen LogP contribution in [0.15, 0.2) is 0 Å². The summed E-state index contributed by atoms with van der Waals surface area (Å²) in [6.07, 6.45) is 7.86. The Morgan fingerprint density at radius 2 is 1.68 bits per heavy atom. The summed E-state index contributed by atoms with van der Waals surface area (Å²) in [4.78, 5) is 37.5. The van der Waals surface area contributed by atoms with Gasteiger partial charge in [-0.1, -0.05) is 32.1 Å². The lowest BCUT2D eigenvalue weighted by Gasteiger charge is -2.30. The molecule has 2 N–H and O–H groups in total. The Hall–Kier alpha value is -1.59. The fraction of sp³-hybridized carbons (Fsp3) is 0.812. The number of carbonyl (C=O) groups excluding carboxylic acids is 2. The minimum absolute atomic E-state index is 0.00195. The molecule has 2 rings (SSSR count). The number of aliphatic carboxylic acids is 1. The largest absolute Gasteiger partial charge is 0.480 e. The molecule has 22 heavy (non-hydrogen) atoms. The molecular weight excluding hydrogens is 284 g/mol. The van der Waals surface area contributed by atoms with Gasteiger partial charge in [0.2, 0.25) is 11.8 Å². The van der Waals surface area contributed by atoms with Crippen LogP contribution in [0.1, 0.15) is 64.2 Å². The first kappa shape index (κ1) is 16.8. The molecule has 0 unspecified atom stereocenters. The lowest BCUT2D eigenvalue weighted by molar-refractivity contribution is -0.149. The Morgan fingerprint density at radius 1 is 1.05 bits per heavy atom. The molecule has 0 atom stereocenters. The van der Waals surface area contributed by atoms with Crippen molar-refractivity contribution in [2.45, 2.75) is 69.7 Å². The Balaban J connectivity index is 1.98. The van der Waals surface area contributed by atoms with Gasteiger partial charge in [-0.25, -0.2) is 4.79 Å². The molecule has 1 heterocycles. The third-order valence-corrected chi connectivity index (χ3v) is 4.75. The van der Waals surface area contributed by atoms with Gasteiger partial charge >= 0.3 is 5.97 Å². The van der Waals surface area contributed by atoms with E-state index >= 15 is 0 Å². The predicted molar refractivity (Wildman–Crippen MR) is 81.3 cm³/mol. The van der Waals surface area contributed by atoms with Crippen molar-refractivity contribution in [2.24, 2.45) is 0 Å². The van der Waals surface area contributed by atoms with E-state index in [2.05, 4.69) is 5.32 Å². The molecule has 0 bridgehead atoms. The molecule has 6 nitrogen and oxygen atoms in total. The first-order chi connectivity index (χ1) is 10.5. The molecule has 2 aliphatic rings. The number of rotatable bonds is 4. The van der Waals surface area contributed by atoms with Crippen LogP contribution in [0.5, 0.6) is 0 Å². The topological polar surface area (TPSA) is 86.7 Å². The number of carboxylic acids is 1. The quantitative estimate of drug-likeness (QED) is 0.774. The average Bonchev–Trinajstić information content (AvgIpc) is 2.81. The van der Waals surface area contributed by atoms with Crippen molar-refractivity contribution < 1.29 is 19.5 Å². The van der Waals surface area contributed by atoms with E-state index in [-0.39, 0.29) is 18.4 Å². The van der Waals surface area contributed by atoms with Crippen LogP contribution in [0.3, 0.4) is 0 Å². The van der Waals surface area contributed by atoms with Crippen LogP contribution in [-0.2, 0) is 14.4 Å².